The van der Waals surface area contributed by atoms with Gasteiger partial charge in [-0.05, 0) is 20.3 Å². The Hall–Kier alpha value is -1.31. The molecule has 0 spiro atoms. The van der Waals surface area contributed by atoms with E-state index in [-0.39, 0.29) is 11.3 Å². The van der Waals surface area contributed by atoms with Gasteiger partial charge in [-0.3, -0.25) is 4.79 Å². The molecule has 0 bridgehead atoms. The molecule has 2 fully saturated rings. The van der Waals surface area contributed by atoms with Crippen molar-refractivity contribution in [1.29, 1.82) is 0 Å². The number of nitrogens with zero attached hydrogens (tertiary/aromatic N) is 3. The van der Waals surface area contributed by atoms with Gasteiger partial charge >= 0.3 is 5.97 Å². The highest BCUT2D eigenvalue weighted by Gasteiger charge is 2.65. The van der Waals surface area contributed by atoms with Crippen molar-refractivity contribution >= 4 is 23.6 Å². The van der Waals surface area contributed by atoms with E-state index in [1.54, 1.807) is 0 Å². The lowest BCUT2D eigenvalue weighted by Gasteiger charge is -2.46. The fourth-order valence-electron chi connectivity index (χ4n) is 3.02. The molecule has 2 aliphatic heterocycles. The lowest BCUT2D eigenvalue weighted by Crippen LogP contribution is -2.69. The molecule has 0 radical (unpaired) electrons. The van der Waals surface area contributed by atoms with E-state index in [1.807, 2.05) is 13.8 Å². The van der Waals surface area contributed by atoms with Crippen LogP contribution in [0.15, 0.2) is 5.29 Å². The monoisotopic (exact) mass is 315 g/mol. The van der Waals surface area contributed by atoms with Crippen molar-refractivity contribution in [1.82, 2.24) is 9.91 Å². The van der Waals surface area contributed by atoms with E-state index < -0.39 is 22.8 Å². The van der Waals surface area contributed by atoms with Crippen LogP contribution in [0.5, 0.6) is 0 Å². The van der Waals surface area contributed by atoms with Gasteiger partial charge in [0.05, 0.1) is 5.29 Å². The Bertz CT molecular complexity index is 457. The van der Waals surface area contributed by atoms with Gasteiger partial charge < -0.3 is 10.0 Å². The van der Waals surface area contributed by atoms with Crippen LogP contribution in [0.3, 0.4) is 0 Å². The van der Waals surface area contributed by atoms with Crippen LogP contribution < -0.4 is 0 Å². The maximum absolute atomic E-state index is 12.3. The number of β-lactam (4-membered cyclic amide) rings is 1. The number of thioether (sulfide) groups is 1. The summed E-state index contributed by atoms with van der Waals surface area (Å²) >= 11 is 1.43. The van der Waals surface area contributed by atoms with Crippen LogP contribution in [0, 0.1) is 4.91 Å². The van der Waals surface area contributed by atoms with Crippen molar-refractivity contribution in [3.8, 4) is 0 Å². The van der Waals surface area contributed by atoms with Crippen molar-refractivity contribution in [3.63, 3.8) is 0 Å². The number of hydrogen-bond donors (Lipinski definition) is 1. The zero-order valence-corrected chi connectivity index (χ0v) is 13.3. The Labute approximate surface area is 128 Å². The number of carbonyl (C=O) groups excluding carboxylic acids is 1. The van der Waals surface area contributed by atoms with Crippen LogP contribution in [0.25, 0.3) is 0 Å². The second-order valence-electron chi connectivity index (χ2n) is 5.99. The van der Waals surface area contributed by atoms with E-state index in [4.69, 9.17) is 0 Å². The predicted molar refractivity (Wildman–Crippen MR) is 79.5 cm³/mol. The molecule has 118 valence electrons. The number of fused-ring (bicyclic) bond motifs is 1. The average Bonchev–Trinajstić information content (AvgIpc) is 2.66. The number of hydrogen-bond acceptors (Lipinski definition) is 5. The van der Waals surface area contributed by atoms with E-state index >= 15 is 0 Å². The Morgan fingerprint density at radius 2 is 2.14 bits per heavy atom. The minimum atomic E-state index is -1.00. The quantitative estimate of drug-likeness (QED) is 0.333. The summed E-state index contributed by atoms with van der Waals surface area (Å²) < 4.78 is -0.571. The van der Waals surface area contributed by atoms with E-state index in [0.717, 1.165) is 19.3 Å². The summed E-state index contributed by atoms with van der Waals surface area (Å²) in [5.74, 6) is -1.31. The Kier molecular flexibility index (Phi) is 4.46. The molecule has 3 atom stereocenters. The first-order valence-corrected chi connectivity index (χ1v) is 8.05. The fourth-order valence-corrected chi connectivity index (χ4v) is 4.71. The molecular weight excluding hydrogens is 294 g/mol. The van der Waals surface area contributed by atoms with Crippen molar-refractivity contribution in [3.05, 3.63) is 4.91 Å². The predicted octanol–water partition coefficient (Wildman–Crippen LogP) is 1.68. The molecule has 2 heterocycles. The lowest BCUT2D eigenvalue weighted by atomic mass is 9.95. The van der Waals surface area contributed by atoms with E-state index in [1.165, 1.54) is 21.7 Å². The molecule has 0 aromatic heterocycles. The Morgan fingerprint density at radius 1 is 1.48 bits per heavy atom. The molecule has 2 saturated heterocycles. The molecule has 1 amide bonds. The van der Waals surface area contributed by atoms with E-state index in [0.29, 0.717) is 6.54 Å². The summed E-state index contributed by atoms with van der Waals surface area (Å²) in [6, 6.07) is -1.46. The van der Waals surface area contributed by atoms with Gasteiger partial charge in [-0.1, -0.05) is 19.8 Å². The third-order valence-electron chi connectivity index (χ3n) is 4.06. The Balaban J connectivity index is 2.11. The number of carbonyl (C=O) groups is 2. The van der Waals surface area contributed by atoms with E-state index in [9.17, 15) is 19.6 Å². The first kappa shape index (κ1) is 16.1. The number of amides is 1. The topological polar surface area (TPSA) is 90.3 Å². The van der Waals surface area contributed by atoms with Gasteiger partial charge in [0.2, 0.25) is 0 Å². The van der Waals surface area contributed by atoms with E-state index in [2.05, 4.69) is 12.2 Å². The molecule has 2 rings (SSSR count). The van der Waals surface area contributed by atoms with Crippen LogP contribution in [-0.4, -0.2) is 55.6 Å². The van der Waals surface area contributed by atoms with Crippen molar-refractivity contribution in [2.45, 2.75) is 62.2 Å². The molecule has 1 unspecified atom stereocenters. The SMILES string of the molecule is CCCCCN(N=O)C1C(=O)N2[C@@H]1SC(C)(C)[C@@H]2C(=O)O. The summed E-state index contributed by atoms with van der Waals surface area (Å²) in [7, 11) is 0. The van der Waals surface area contributed by atoms with Crippen LogP contribution in [0.1, 0.15) is 40.0 Å². The molecule has 0 aromatic carbocycles. The summed E-state index contributed by atoms with van der Waals surface area (Å²) in [6.45, 7) is 6.13. The molecule has 7 nitrogen and oxygen atoms in total. The maximum Gasteiger partial charge on any atom is 0.327 e. The zero-order chi connectivity index (χ0) is 15.8. The summed E-state index contributed by atoms with van der Waals surface area (Å²) in [4.78, 5) is 36.1. The molecular formula is C13H21N3O4S. The van der Waals surface area contributed by atoms with Crippen molar-refractivity contribution in [2.75, 3.05) is 6.54 Å². The van der Waals surface area contributed by atoms with Crippen LogP contribution in [0.4, 0.5) is 0 Å². The van der Waals surface area contributed by atoms with Gasteiger partial charge in [0, 0.05) is 11.3 Å². The normalized spacial score (nSPS) is 29.8. The third kappa shape index (κ3) is 2.61. The minimum absolute atomic E-state index is 0.298. The van der Waals surface area contributed by atoms with Gasteiger partial charge in [0.15, 0.2) is 6.04 Å². The van der Waals surface area contributed by atoms with Gasteiger partial charge in [-0.25, -0.2) is 9.80 Å². The molecule has 8 heteroatoms. The lowest BCUT2D eigenvalue weighted by molar-refractivity contribution is -0.165. The number of unbranched alkanes of at least 4 members (excludes halogenated alkanes) is 2. The number of aliphatic carboxylic acids is 1. The number of nitroso groups, excluding NO2 is 1. The molecule has 0 aromatic rings. The highest BCUT2D eigenvalue weighted by atomic mass is 32.2. The molecule has 2 aliphatic rings. The number of carboxylic acid groups (broad SMARTS) is 1. The second-order valence-corrected chi connectivity index (χ2v) is 7.77. The molecule has 1 N–H and O–H groups in total. The molecule has 21 heavy (non-hydrogen) atoms. The first-order chi connectivity index (χ1) is 9.85. The van der Waals surface area contributed by atoms with Crippen molar-refractivity contribution < 1.29 is 14.7 Å². The molecule has 0 aliphatic carbocycles. The fraction of sp³-hybridized carbons (Fsp3) is 0.846. The largest absolute Gasteiger partial charge is 0.480 e. The average molecular weight is 315 g/mol. The second kappa shape index (κ2) is 5.82. The van der Waals surface area contributed by atoms with Crippen LogP contribution >= 0.6 is 11.8 Å². The standard InChI is InChI=1S/C13H21N3O4S/c1-4-5-6-7-15(14-20)8-10(17)16-9(12(18)19)13(2,3)21-11(8)16/h8-9,11H,4-7H2,1-3H3,(H,18,19)/t8?,9-,11+/m0/s1. The summed E-state index contributed by atoms with van der Waals surface area (Å²) in [5, 5.41) is 13.3. The van der Waals surface area contributed by atoms with Gasteiger partial charge in [0.25, 0.3) is 5.91 Å². The van der Waals surface area contributed by atoms with Crippen molar-refractivity contribution in [2.24, 2.45) is 5.29 Å². The van der Waals surface area contributed by atoms with Gasteiger partial charge in [0.1, 0.15) is 11.4 Å². The number of rotatable bonds is 7. The smallest absolute Gasteiger partial charge is 0.327 e. The Morgan fingerprint density at radius 3 is 2.67 bits per heavy atom. The maximum atomic E-state index is 12.3. The summed E-state index contributed by atoms with van der Waals surface area (Å²) in [6.07, 6.45) is 2.79. The van der Waals surface area contributed by atoms with Gasteiger partial charge in [-0.15, -0.1) is 16.7 Å². The highest BCUT2D eigenvalue weighted by molar-refractivity contribution is 8.01. The molecule has 0 saturated carbocycles. The zero-order valence-electron chi connectivity index (χ0n) is 12.5. The third-order valence-corrected chi connectivity index (χ3v) is 5.62. The van der Waals surface area contributed by atoms with Crippen LogP contribution in [0.2, 0.25) is 0 Å². The van der Waals surface area contributed by atoms with Crippen LogP contribution in [-0.2, 0) is 9.59 Å². The number of carboxylic acids is 1. The summed E-state index contributed by atoms with van der Waals surface area (Å²) in [5.41, 5.74) is 0. The first-order valence-electron chi connectivity index (χ1n) is 7.18. The highest BCUT2D eigenvalue weighted by Crippen LogP contribution is 2.52. The minimum Gasteiger partial charge on any atom is -0.480 e. The van der Waals surface area contributed by atoms with Gasteiger partial charge in [-0.2, -0.15) is 0 Å².